The van der Waals surface area contributed by atoms with Crippen LogP contribution in [-0.4, -0.2) is 68.6 Å². The molecule has 2 rings (SSSR count). The zero-order valence-electron chi connectivity index (χ0n) is 13.3. The topological polar surface area (TPSA) is 32.8 Å². The molecule has 0 saturated carbocycles. The Bertz CT molecular complexity index is 456. The van der Waals surface area contributed by atoms with Crippen molar-refractivity contribution < 1.29 is 9.53 Å². The molecule has 1 aromatic carbocycles. The monoisotopic (exact) mass is 290 g/mol. The van der Waals surface area contributed by atoms with Gasteiger partial charge in [-0.25, -0.2) is 0 Å². The number of Topliss-reactive ketones (excluding diaryl/α,β-unsaturated/α-hetero) is 1. The Balaban J connectivity index is 1.79. The third kappa shape index (κ3) is 5.23. The van der Waals surface area contributed by atoms with E-state index in [2.05, 4.69) is 23.9 Å². The Labute approximate surface area is 127 Å². The highest BCUT2D eigenvalue weighted by atomic mass is 16.5. The summed E-state index contributed by atoms with van der Waals surface area (Å²) in [6.45, 7) is 6.39. The molecule has 1 unspecified atom stereocenters. The van der Waals surface area contributed by atoms with Gasteiger partial charge in [-0.1, -0.05) is 29.8 Å². The van der Waals surface area contributed by atoms with Gasteiger partial charge in [0.15, 0.2) is 5.78 Å². The zero-order valence-corrected chi connectivity index (χ0v) is 13.3. The summed E-state index contributed by atoms with van der Waals surface area (Å²) < 4.78 is 5.76. The average Bonchev–Trinajstić information content (AvgIpc) is 2.45. The molecular formula is C17H26N2O2. The van der Waals surface area contributed by atoms with E-state index in [1.54, 1.807) is 0 Å². The number of benzene rings is 1. The van der Waals surface area contributed by atoms with E-state index in [4.69, 9.17) is 4.74 Å². The van der Waals surface area contributed by atoms with E-state index in [1.165, 1.54) is 5.56 Å². The third-order valence-corrected chi connectivity index (χ3v) is 3.82. The standard InChI is InChI=1S/C17H26N2O2/c1-14-4-6-15(7-5-14)17(20)8-9-19-10-11-21-16(13-19)12-18(2)3/h4-7,16H,8-13H2,1-3H3. The summed E-state index contributed by atoms with van der Waals surface area (Å²) in [4.78, 5) is 16.7. The van der Waals surface area contributed by atoms with Gasteiger partial charge in [-0.05, 0) is 21.0 Å². The van der Waals surface area contributed by atoms with Crippen LogP contribution in [0.4, 0.5) is 0 Å². The van der Waals surface area contributed by atoms with Gasteiger partial charge in [-0.15, -0.1) is 0 Å². The smallest absolute Gasteiger partial charge is 0.164 e. The Hall–Kier alpha value is -1.23. The van der Waals surface area contributed by atoms with E-state index in [9.17, 15) is 4.79 Å². The molecule has 4 nitrogen and oxygen atoms in total. The molecule has 0 N–H and O–H groups in total. The lowest BCUT2D eigenvalue weighted by molar-refractivity contribution is -0.0377. The normalized spacial score (nSPS) is 19.9. The molecule has 1 saturated heterocycles. The van der Waals surface area contributed by atoms with Crippen molar-refractivity contribution in [3.05, 3.63) is 35.4 Å². The fourth-order valence-corrected chi connectivity index (χ4v) is 2.64. The van der Waals surface area contributed by atoms with E-state index in [-0.39, 0.29) is 11.9 Å². The molecule has 0 radical (unpaired) electrons. The maximum atomic E-state index is 12.2. The van der Waals surface area contributed by atoms with Crippen molar-refractivity contribution in [2.24, 2.45) is 0 Å². The second-order valence-electron chi connectivity index (χ2n) is 6.09. The second kappa shape index (κ2) is 7.69. The quantitative estimate of drug-likeness (QED) is 0.748. The second-order valence-corrected chi connectivity index (χ2v) is 6.09. The number of carbonyl (C=O) groups excluding carboxylic acids is 1. The highest BCUT2D eigenvalue weighted by molar-refractivity contribution is 5.96. The Morgan fingerprint density at radius 2 is 2.05 bits per heavy atom. The Kier molecular flexibility index (Phi) is 5.91. The summed E-state index contributed by atoms with van der Waals surface area (Å²) in [6.07, 6.45) is 0.834. The lowest BCUT2D eigenvalue weighted by Crippen LogP contribution is -2.46. The first-order valence-corrected chi connectivity index (χ1v) is 7.63. The molecule has 1 aliphatic rings. The van der Waals surface area contributed by atoms with Gasteiger partial charge in [0.25, 0.3) is 0 Å². The van der Waals surface area contributed by atoms with Crippen LogP contribution in [0.25, 0.3) is 0 Å². The van der Waals surface area contributed by atoms with E-state index in [0.29, 0.717) is 6.42 Å². The first-order valence-electron chi connectivity index (χ1n) is 7.63. The predicted octanol–water partition coefficient (Wildman–Crippen LogP) is 1.83. The van der Waals surface area contributed by atoms with Crippen molar-refractivity contribution in [3.63, 3.8) is 0 Å². The lowest BCUT2D eigenvalue weighted by atomic mass is 10.1. The fourth-order valence-electron chi connectivity index (χ4n) is 2.64. The summed E-state index contributed by atoms with van der Waals surface area (Å²) in [5, 5.41) is 0. The number of hydrogen-bond donors (Lipinski definition) is 0. The first kappa shape index (κ1) is 16.1. The molecule has 1 atom stereocenters. The maximum Gasteiger partial charge on any atom is 0.164 e. The molecule has 21 heavy (non-hydrogen) atoms. The minimum atomic E-state index is 0.227. The molecule has 0 amide bonds. The number of likely N-dealkylation sites (N-methyl/N-ethyl adjacent to an activating group) is 1. The van der Waals surface area contributed by atoms with Gasteiger partial charge in [-0.2, -0.15) is 0 Å². The van der Waals surface area contributed by atoms with Crippen molar-refractivity contribution >= 4 is 5.78 Å². The number of hydrogen-bond acceptors (Lipinski definition) is 4. The number of aryl methyl sites for hydroxylation is 1. The molecule has 1 aliphatic heterocycles. The molecule has 0 spiro atoms. The van der Waals surface area contributed by atoms with Crippen molar-refractivity contribution in [1.82, 2.24) is 9.80 Å². The number of rotatable bonds is 6. The zero-order chi connectivity index (χ0) is 15.2. The molecule has 0 bridgehead atoms. The van der Waals surface area contributed by atoms with Crippen molar-refractivity contribution in [1.29, 1.82) is 0 Å². The van der Waals surface area contributed by atoms with Crippen LogP contribution in [0.3, 0.4) is 0 Å². The largest absolute Gasteiger partial charge is 0.374 e. The van der Waals surface area contributed by atoms with E-state index < -0.39 is 0 Å². The van der Waals surface area contributed by atoms with Gasteiger partial charge in [0, 0.05) is 38.2 Å². The number of carbonyl (C=O) groups is 1. The first-order chi connectivity index (χ1) is 10.0. The van der Waals surface area contributed by atoms with Crippen LogP contribution in [0, 0.1) is 6.92 Å². The Morgan fingerprint density at radius 3 is 2.71 bits per heavy atom. The van der Waals surface area contributed by atoms with Gasteiger partial charge in [-0.3, -0.25) is 9.69 Å². The number of nitrogens with zero attached hydrogens (tertiary/aromatic N) is 2. The third-order valence-electron chi connectivity index (χ3n) is 3.82. The minimum Gasteiger partial charge on any atom is -0.374 e. The van der Waals surface area contributed by atoms with Crippen molar-refractivity contribution in [2.45, 2.75) is 19.4 Å². The highest BCUT2D eigenvalue weighted by Crippen LogP contribution is 2.10. The van der Waals surface area contributed by atoms with Crippen LogP contribution in [0.1, 0.15) is 22.3 Å². The van der Waals surface area contributed by atoms with Crippen LogP contribution < -0.4 is 0 Å². The molecular weight excluding hydrogens is 264 g/mol. The minimum absolute atomic E-state index is 0.227. The average molecular weight is 290 g/mol. The number of ether oxygens (including phenoxy) is 1. The van der Waals surface area contributed by atoms with Crippen molar-refractivity contribution in [2.75, 3.05) is 46.9 Å². The molecule has 1 heterocycles. The molecule has 1 aromatic rings. The molecule has 1 fully saturated rings. The van der Waals surface area contributed by atoms with Gasteiger partial charge < -0.3 is 9.64 Å². The maximum absolute atomic E-state index is 12.2. The van der Waals surface area contributed by atoms with E-state index in [0.717, 1.165) is 38.3 Å². The fraction of sp³-hybridized carbons (Fsp3) is 0.588. The van der Waals surface area contributed by atoms with E-state index >= 15 is 0 Å². The Morgan fingerprint density at radius 1 is 1.33 bits per heavy atom. The van der Waals surface area contributed by atoms with Gasteiger partial charge in [0.1, 0.15) is 0 Å². The van der Waals surface area contributed by atoms with Crippen LogP contribution in [-0.2, 0) is 4.74 Å². The van der Waals surface area contributed by atoms with Crippen LogP contribution in [0.5, 0.6) is 0 Å². The van der Waals surface area contributed by atoms with Gasteiger partial charge in [0.2, 0.25) is 0 Å². The number of ketones is 1. The highest BCUT2D eigenvalue weighted by Gasteiger charge is 2.21. The number of morpholine rings is 1. The summed E-state index contributed by atoms with van der Waals surface area (Å²) >= 11 is 0. The summed E-state index contributed by atoms with van der Waals surface area (Å²) in [7, 11) is 4.12. The van der Waals surface area contributed by atoms with Crippen molar-refractivity contribution in [3.8, 4) is 0 Å². The molecule has 116 valence electrons. The lowest BCUT2D eigenvalue weighted by Gasteiger charge is -2.34. The van der Waals surface area contributed by atoms with Crippen LogP contribution >= 0.6 is 0 Å². The van der Waals surface area contributed by atoms with Gasteiger partial charge >= 0.3 is 0 Å². The molecule has 4 heteroatoms. The SMILES string of the molecule is Cc1ccc(C(=O)CCN2CCOC(CN(C)C)C2)cc1. The van der Waals surface area contributed by atoms with Crippen LogP contribution in [0.15, 0.2) is 24.3 Å². The predicted molar refractivity (Wildman–Crippen MR) is 84.9 cm³/mol. The summed E-state index contributed by atoms with van der Waals surface area (Å²) in [5.74, 6) is 0.227. The van der Waals surface area contributed by atoms with E-state index in [1.807, 2.05) is 31.2 Å². The van der Waals surface area contributed by atoms with Crippen LogP contribution in [0.2, 0.25) is 0 Å². The molecule has 0 aliphatic carbocycles. The summed E-state index contributed by atoms with van der Waals surface area (Å²) in [6, 6.07) is 7.84. The van der Waals surface area contributed by atoms with Gasteiger partial charge in [0.05, 0.1) is 12.7 Å². The summed E-state index contributed by atoms with van der Waals surface area (Å²) in [5.41, 5.74) is 2.00. The molecule has 0 aromatic heterocycles.